The van der Waals surface area contributed by atoms with Crippen molar-refractivity contribution in [3.63, 3.8) is 0 Å². The van der Waals surface area contributed by atoms with Crippen molar-refractivity contribution in [1.29, 1.82) is 0 Å². The highest BCUT2D eigenvalue weighted by molar-refractivity contribution is 7.98. The van der Waals surface area contributed by atoms with Gasteiger partial charge in [0.2, 0.25) is 0 Å². The second kappa shape index (κ2) is 6.42. The van der Waals surface area contributed by atoms with Crippen molar-refractivity contribution in [2.45, 2.75) is 24.8 Å². The number of pyridine rings is 1. The summed E-state index contributed by atoms with van der Waals surface area (Å²) in [5.74, 6) is 1.21. The lowest BCUT2D eigenvalue weighted by atomic mass is 10.2. The summed E-state index contributed by atoms with van der Waals surface area (Å²) in [7, 11) is 0. The number of thioether (sulfide) groups is 1. The number of fused-ring (bicyclic) bond motifs is 4. The molecule has 0 N–H and O–H groups in total. The molecule has 0 radical (unpaired) electrons. The zero-order valence-corrected chi connectivity index (χ0v) is 16.1. The zero-order valence-electron chi connectivity index (χ0n) is 15.3. The fourth-order valence-corrected chi connectivity index (χ4v) is 4.03. The van der Waals surface area contributed by atoms with Crippen LogP contribution in [0, 0.1) is 13.8 Å². The molecule has 8 heteroatoms. The van der Waals surface area contributed by atoms with Crippen molar-refractivity contribution in [3.05, 3.63) is 76.1 Å². The molecule has 0 aliphatic rings. The smallest absolute Gasteiger partial charge is 0.258 e. The Morgan fingerprint density at radius 1 is 1.04 bits per heavy atom. The van der Waals surface area contributed by atoms with E-state index in [-0.39, 0.29) is 5.56 Å². The summed E-state index contributed by atoms with van der Waals surface area (Å²) in [5.41, 5.74) is 3.98. The minimum absolute atomic E-state index is 0.0891. The number of nitrogens with zero attached hydrogens (tertiary/aromatic N) is 6. The monoisotopic (exact) mass is 388 g/mol. The van der Waals surface area contributed by atoms with Gasteiger partial charge in [-0.15, -0.1) is 5.10 Å². The van der Waals surface area contributed by atoms with Crippen molar-refractivity contribution in [2.24, 2.45) is 0 Å². The van der Waals surface area contributed by atoms with Crippen LogP contribution in [0.5, 0.6) is 0 Å². The molecule has 4 heterocycles. The van der Waals surface area contributed by atoms with E-state index in [1.165, 1.54) is 11.8 Å². The summed E-state index contributed by atoms with van der Waals surface area (Å²) < 4.78 is 3.31. The van der Waals surface area contributed by atoms with Gasteiger partial charge in [-0.3, -0.25) is 9.20 Å². The maximum Gasteiger partial charge on any atom is 0.258 e. The molecule has 7 nitrogen and oxygen atoms in total. The first kappa shape index (κ1) is 16.9. The number of hydrogen-bond acceptors (Lipinski definition) is 6. The van der Waals surface area contributed by atoms with Crippen LogP contribution in [0.15, 0.2) is 58.6 Å². The van der Waals surface area contributed by atoms with Crippen LogP contribution in [0.4, 0.5) is 0 Å². The normalized spacial score (nSPS) is 11.6. The summed E-state index contributed by atoms with van der Waals surface area (Å²) in [6.07, 6.45) is 1.75. The summed E-state index contributed by atoms with van der Waals surface area (Å²) in [5, 5.41) is 6.18. The average molecular weight is 388 g/mol. The van der Waals surface area contributed by atoms with Crippen LogP contribution in [-0.2, 0) is 5.75 Å². The Hall–Kier alpha value is -3.26. The number of hydrogen-bond donors (Lipinski definition) is 0. The first-order valence-corrected chi connectivity index (χ1v) is 9.81. The summed E-state index contributed by atoms with van der Waals surface area (Å²) in [6.45, 7) is 3.85. The van der Waals surface area contributed by atoms with Gasteiger partial charge in [0.1, 0.15) is 11.5 Å². The molecule has 0 aliphatic heterocycles. The van der Waals surface area contributed by atoms with Gasteiger partial charge in [0.05, 0.1) is 11.2 Å². The Kier molecular flexibility index (Phi) is 3.87. The van der Waals surface area contributed by atoms with Crippen molar-refractivity contribution >= 4 is 34.0 Å². The van der Waals surface area contributed by atoms with Crippen molar-refractivity contribution in [2.75, 3.05) is 0 Å². The van der Waals surface area contributed by atoms with Crippen LogP contribution >= 0.6 is 11.8 Å². The molecule has 0 amide bonds. The Morgan fingerprint density at radius 2 is 1.89 bits per heavy atom. The van der Waals surface area contributed by atoms with Crippen molar-refractivity contribution in [3.8, 4) is 0 Å². The lowest BCUT2D eigenvalue weighted by molar-refractivity contribution is 0.796. The van der Waals surface area contributed by atoms with Crippen LogP contribution in [0.2, 0.25) is 0 Å². The molecule has 28 heavy (non-hydrogen) atoms. The van der Waals surface area contributed by atoms with E-state index in [9.17, 15) is 4.79 Å². The highest BCUT2D eigenvalue weighted by Crippen LogP contribution is 2.25. The molecule has 1 aromatic carbocycles. The standard InChI is InChI=1S/C20H16N6OS/c1-12-7-8-25-17(9-12)22-14(10-18(25)27)11-28-20-23-16-6-4-3-5-15(16)19-21-13(2)24-26(19)20/h3-10H,11H2,1-2H3. The average Bonchev–Trinajstić information content (AvgIpc) is 3.07. The van der Waals surface area contributed by atoms with Gasteiger partial charge in [-0.25, -0.2) is 15.0 Å². The van der Waals surface area contributed by atoms with Gasteiger partial charge >= 0.3 is 0 Å². The van der Waals surface area contributed by atoms with Crippen molar-refractivity contribution < 1.29 is 0 Å². The molecular weight excluding hydrogens is 372 g/mol. The molecule has 0 saturated heterocycles. The van der Waals surface area contributed by atoms with Crippen LogP contribution < -0.4 is 5.56 Å². The van der Waals surface area contributed by atoms with E-state index in [0.29, 0.717) is 22.9 Å². The largest absolute Gasteiger partial charge is 0.269 e. The molecule has 0 aliphatic carbocycles. The van der Waals surface area contributed by atoms with Gasteiger partial charge in [0, 0.05) is 23.4 Å². The van der Waals surface area contributed by atoms with Gasteiger partial charge in [0.15, 0.2) is 10.8 Å². The lowest BCUT2D eigenvalue weighted by Crippen LogP contribution is -2.15. The molecule has 0 saturated carbocycles. The SMILES string of the molecule is Cc1ccn2c(=O)cc(CSc3nc4ccccc4c4nc(C)nn34)nc2c1. The van der Waals surface area contributed by atoms with Crippen LogP contribution in [-0.4, -0.2) is 29.0 Å². The third kappa shape index (κ3) is 2.82. The Bertz CT molecular complexity index is 1420. The molecule has 5 aromatic rings. The fraction of sp³-hybridized carbons (Fsp3) is 0.150. The predicted molar refractivity (Wildman–Crippen MR) is 109 cm³/mol. The van der Waals surface area contributed by atoms with Gasteiger partial charge in [-0.1, -0.05) is 23.9 Å². The summed E-state index contributed by atoms with van der Waals surface area (Å²) >= 11 is 1.49. The number of rotatable bonds is 3. The van der Waals surface area contributed by atoms with E-state index in [4.69, 9.17) is 4.98 Å². The quantitative estimate of drug-likeness (QED) is 0.349. The fourth-order valence-electron chi connectivity index (χ4n) is 3.19. The second-order valence-electron chi connectivity index (χ2n) is 6.61. The van der Waals surface area contributed by atoms with Gasteiger partial charge < -0.3 is 0 Å². The molecular formula is C20H16N6OS. The number of aromatic nitrogens is 6. The number of aryl methyl sites for hydroxylation is 2. The molecule has 5 rings (SSSR count). The third-order valence-electron chi connectivity index (χ3n) is 4.48. The van der Waals surface area contributed by atoms with E-state index in [2.05, 4.69) is 15.1 Å². The van der Waals surface area contributed by atoms with E-state index in [1.807, 2.05) is 50.2 Å². The zero-order chi connectivity index (χ0) is 19.3. The molecule has 0 bridgehead atoms. The van der Waals surface area contributed by atoms with E-state index < -0.39 is 0 Å². The van der Waals surface area contributed by atoms with Crippen LogP contribution in [0.3, 0.4) is 0 Å². The maximum atomic E-state index is 12.4. The molecule has 0 fully saturated rings. The molecule has 0 unspecified atom stereocenters. The molecule has 0 atom stereocenters. The minimum Gasteiger partial charge on any atom is -0.269 e. The lowest BCUT2D eigenvalue weighted by Gasteiger charge is -2.07. The summed E-state index contributed by atoms with van der Waals surface area (Å²) in [4.78, 5) is 26.3. The van der Waals surface area contributed by atoms with Gasteiger partial charge in [-0.2, -0.15) is 4.52 Å². The Labute approximate surface area is 164 Å². The first-order valence-electron chi connectivity index (χ1n) is 8.82. The second-order valence-corrected chi connectivity index (χ2v) is 7.56. The highest BCUT2D eigenvalue weighted by Gasteiger charge is 2.13. The van der Waals surface area contributed by atoms with Crippen molar-refractivity contribution in [1.82, 2.24) is 29.0 Å². The van der Waals surface area contributed by atoms with Crippen LogP contribution in [0.25, 0.3) is 22.2 Å². The summed E-state index contributed by atoms with van der Waals surface area (Å²) in [6, 6.07) is 13.3. The van der Waals surface area contributed by atoms with Gasteiger partial charge in [-0.05, 0) is 43.7 Å². The van der Waals surface area contributed by atoms with Gasteiger partial charge in [0.25, 0.3) is 5.56 Å². The third-order valence-corrected chi connectivity index (χ3v) is 5.44. The van der Waals surface area contributed by atoms with E-state index in [0.717, 1.165) is 27.3 Å². The van der Waals surface area contributed by atoms with E-state index >= 15 is 0 Å². The first-order chi connectivity index (χ1) is 13.6. The van der Waals surface area contributed by atoms with Crippen LogP contribution in [0.1, 0.15) is 17.1 Å². The maximum absolute atomic E-state index is 12.4. The van der Waals surface area contributed by atoms with E-state index in [1.54, 1.807) is 21.2 Å². The molecule has 4 aromatic heterocycles. The highest BCUT2D eigenvalue weighted by atomic mass is 32.2. The molecule has 0 spiro atoms. The predicted octanol–water partition coefficient (Wildman–Crippen LogP) is 3.19. The molecule has 138 valence electrons. The Morgan fingerprint density at radius 3 is 2.79 bits per heavy atom. The minimum atomic E-state index is -0.0891. The topological polar surface area (TPSA) is 77.5 Å². The number of para-hydroxylation sites is 1. The Balaban J connectivity index is 1.57. The number of benzene rings is 1.